The molecule has 2 rings (SSSR count). The first-order chi connectivity index (χ1) is 12.0. The van der Waals surface area contributed by atoms with Crippen LogP contribution in [-0.4, -0.2) is 24.2 Å². The average molecular weight is 471 g/mol. The summed E-state index contributed by atoms with van der Waals surface area (Å²) in [5.74, 6) is -1.34. The molecule has 1 aromatic carbocycles. The van der Waals surface area contributed by atoms with E-state index in [1.807, 2.05) is 5.32 Å². The Morgan fingerprint density at radius 3 is 1.96 bits per heavy atom. The van der Waals surface area contributed by atoms with E-state index in [9.17, 15) is 39.5 Å². The van der Waals surface area contributed by atoms with Crippen LogP contribution >= 0.6 is 15.9 Å². The Bertz CT molecular complexity index is 793. The standard InChI is InChI=1S/C13H8BrF9N4/c14-7(8(25)11(15,16)17)9-26-6-3-4(24)1-2-5(6)10(27-9,12(18,19)20)13(21,22)23/h1-3,25-27H,24H2/b9-7-,25-8?. The van der Waals surface area contributed by atoms with E-state index in [1.165, 1.54) is 0 Å². The topological polar surface area (TPSA) is 73.9 Å². The van der Waals surface area contributed by atoms with Crippen molar-refractivity contribution in [3.8, 4) is 0 Å². The number of rotatable bonds is 1. The first kappa shape index (κ1) is 21.2. The number of anilines is 2. The molecule has 1 aliphatic heterocycles. The largest absolute Gasteiger partial charge is 0.433 e. The molecule has 14 heteroatoms. The molecule has 0 atom stereocenters. The molecular weight excluding hydrogens is 463 g/mol. The molecule has 27 heavy (non-hydrogen) atoms. The van der Waals surface area contributed by atoms with Gasteiger partial charge in [0.1, 0.15) is 5.82 Å². The number of alkyl halides is 9. The molecular formula is C13H8BrF9N4. The highest BCUT2D eigenvalue weighted by Crippen LogP contribution is 2.54. The number of nitrogen functional groups attached to an aromatic ring is 1. The Morgan fingerprint density at radius 2 is 1.52 bits per heavy atom. The van der Waals surface area contributed by atoms with Gasteiger partial charge in [0.15, 0.2) is 5.71 Å². The van der Waals surface area contributed by atoms with E-state index in [1.54, 1.807) is 0 Å². The van der Waals surface area contributed by atoms with Crippen molar-refractivity contribution < 1.29 is 39.5 Å². The van der Waals surface area contributed by atoms with Crippen LogP contribution in [0.3, 0.4) is 0 Å². The van der Waals surface area contributed by atoms with Gasteiger partial charge in [0, 0.05) is 16.9 Å². The third-order valence-electron chi connectivity index (χ3n) is 3.59. The molecule has 0 bridgehead atoms. The Morgan fingerprint density at radius 1 is 1.00 bits per heavy atom. The van der Waals surface area contributed by atoms with Gasteiger partial charge in [0.05, 0.1) is 4.48 Å². The fourth-order valence-corrected chi connectivity index (χ4v) is 2.80. The van der Waals surface area contributed by atoms with Crippen LogP contribution in [0.2, 0.25) is 0 Å². The zero-order valence-corrected chi connectivity index (χ0v) is 14.2. The number of allylic oxidation sites excluding steroid dienone is 1. The van der Waals surface area contributed by atoms with Gasteiger partial charge in [-0.1, -0.05) is 6.07 Å². The van der Waals surface area contributed by atoms with Crippen LogP contribution in [0.1, 0.15) is 5.56 Å². The van der Waals surface area contributed by atoms with E-state index in [0.29, 0.717) is 12.1 Å². The molecule has 0 saturated heterocycles. The predicted octanol–water partition coefficient (Wildman–Crippen LogP) is 4.75. The SMILES string of the molecule is N=C(/C(Br)=C1\Nc2cc(N)ccc2C(C(F)(F)F)(C(F)(F)F)N1)C(F)(F)F. The maximum absolute atomic E-state index is 13.6. The minimum absolute atomic E-state index is 0.234. The number of benzene rings is 1. The first-order valence-electron chi connectivity index (χ1n) is 6.67. The van der Waals surface area contributed by atoms with Gasteiger partial charge in [-0.05, 0) is 28.1 Å². The normalized spacial score (nSPS) is 18.9. The van der Waals surface area contributed by atoms with Crippen molar-refractivity contribution in [3.63, 3.8) is 0 Å². The van der Waals surface area contributed by atoms with Gasteiger partial charge in [0.2, 0.25) is 0 Å². The van der Waals surface area contributed by atoms with E-state index < -0.39 is 51.3 Å². The zero-order chi connectivity index (χ0) is 21.0. The molecule has 0 spiro atoms. The van der Waals surface area contributed by atoms with Crippen LogP contribution in [0.5, 0.6) is 0 Å². The van der Waals surface area contributed by atoms with E-state index in [-0.39, 0.29) is 5.69 Å². The lowest BCUT2D eigenvalue weighted by Crippen LogP contribution is -2.65. The van der Waals surface area contributed by atoms with Crippen molar-refractivity contribution >= 4 is 33.0 Å². The molecule has 5 N–H and O–H groups in total. The van der Waals surface area contributed by atoms with Gasteiger partial charge in [-0.2, -0.15) is 39.5 Å². The molecule has 150 valence electrons. The summed E-state index contributed by atoms with van der Waals surface area (Å²) in [6.07, 6.45) is -17.3. The Labute approximate surface area is 153 Å². The molecule has 1 heterocycles. The lowest BCUT2D eigenvalue weighted by Gasteiger charge is -2.44. The highest BCUT2D eigenvalue weighted by atomic mass is 79.9. The highest BCUT2D eigenvalue weighted by molar-refractivity contribution is 9.12. The van der Waals surface area contributed by atoms with Gasteiger partial charge in [-0.25, -0.2) is 0 Å². The van der Waals surface area contributed by atoms with E-state index in [2.05, 4.69) is 15.9 Å². The maximum Gasteiger partial charge on any atom is 0.433 e. The number of nitrogens with two attached hydrogens (primary N) is 1. The summed E-state index contributed by atoms with van der Waals surface area (Å²) in [6, 6.07) is 1.96. The Kier molecular flexibility index (Phi) is 4.87. The quantitative estimate of drug-likeness (QED) is 0.272. The van der Waals surface area contributed by atoms with Crippen molar-refractivity contribution in [2.45, 2.75) is 24.1 Å². The van der Waals surface area contributed by atoms with Gasteiger partial charge in [0.25, 0.3) is 5.54 Å². The molecule has 4 nitrogen and oxygen atoms in total. The molecule has 0 aliphatic carbocycles. The van der Waals surface area contributed by atoms with Gasteiger partial charge < -0.3 is 16.4 Å². The van der Waals surface area contributed by atoms with Gasteiger partial charge in [-0.3, -0.25) is 5.41 Å². The second-order valence-electron chi connectivity index (χ2n) is 5.36. The van der Waals surface area contributed by atoms with Crippen molar-refractivity contribution in [3.05, 3.63) is 34.1 Å². The second kappa shape index (κ2) is 6.21. The zero-order valence-electron chi connectivity index (χ0n) is 12.6. The molecule has 1 aromatic rings. The molecule has 1 aliphatic rings. The number of fused-ring (bicyclic) bond motifs is 1. The summed E-state index contributed by atoms with van der Waals surface area (Å²) < 4.78 is 118. The third-order valence-corrected chi connectivity index (χ3v) is 4.39. The van der Waals surface area contributed by atoms with Gasteiger partial charge in [-0.15, -0.1) is 0 Å². The van der Waals surface area contributed by atoms with Crippen LogP contribution in [-0.2, 0) is 5.54 Å². The third kappa shape index (κ3) is 3.41. The minimum Gasteiger partial charge on any atom is -0.399 e. The summed E-state index contributed by atoms with van der Waals surface area (Å²) in [6.45, 7) is 0. The summed E-state index contributed by atoms with van der Waals surface area (Å²) in [7, 11) is 0. The Hall–Kier alpha value is -2.12. The monoisotopic (exact) mass is 470 g/mol. The molecule has 0 radical (unpaired) electrons. The maximum atomic E-state index is 13.6. The number of nitrogens with one attached hydrogen (secondary N) is 3. The number of hydrogen-bond acceptors (Lipinski definition) is 4. The van der Waals surface area contributed by atoms with Crippen LogP contribution in [0.15, 0.2) is 28.5 Å². The van der Waals surface area contributed by atoms with Crippen molar-refractivity contribution in [2.24, 2.45) is 0 Å². The van der Waals surface area contributed by atoms with E-state index in [4.69, 9.17) is 11.1 Å². The molecule has 0 amide bonds. The number of halogens is 10. The van der Waals surface area contributed by atoms with Crippen LogP contribution in [0, 0.1) is 5.41 Å². The lowest BCUT2D eigenvalue weighted by molar-refractivity contribution is -0.312. The molecule has 0 aromatic heterocycles. The summed E-state index contributed by atoms with van der Waals surface area (Å²) >= 11 is 2.24. The average Bonchev–Trinajstić information content (AvgIpc) is 2.48. The highest BCUT2D eigenvalue weighted by Gasteiger charge is 2.74. The first-order valence-corrected chi connectivity index (χ1v) is 7.46. The summed E-state index contributed by atoms with van der Waals surface area (Å²) in [4.78, 5) is 0. The van der Waals surface area contributed by atoms with Crippen molar-refractivity contribution in [1.29, 1.82) is 5.41 Å². The fraction of sp³-hybridized carbons (Fsp3) is 0.308. The molecule has 0 fully saturated rings. The molecule has 0 unspecified atom stereocenters. The fourth-order valence-electron chi connectivity index (χ4n) is 2.38. The van der Waals surface area contributed by atoms with Crippen molar-refractivity contribution in [2.75, 3.05) is 11.1 Å². The van der Waals surface area contributed by atoms with Crippen LogP contribution in [0.25, 0.3) is 0 Å². The van der Waals surface area contributed by atoms with Crippen molar-refractivity contribution in [1.82, 2.24) is 5.32 Å². The predicted molar refractivity (Wildman–Crippen MR) is 81.1 cm³/mol. The smallest absolute Gasteiger partial charge is 0.399 e. The lowest BCUT2D eigenvalue weighted by atomic mass is 9.84. The summed E-state index contributed by atoms with van der Waals surface area (Å²) in [5.41, 5.74) is -3.94. The number of hydrogen-bond donors (Lipinski definition) is 4. The minimum atomic E-state index is -6.00. The van der Waals surface area contributed by atoms with Gasteiger partial charge >= 0.3 is 18.5 Å². The molecule has 0 saturated carbocycles. The van der Waals surface area contributed by atoms with Crippen LogP contribution in [0.4, 0.5) is 50.9 Å². The Balaban J connectivity index is 2.84. The summed E-state index contributed by atoms with van der Waals surface area (Å²) in [5, 5.41) is 10.0. The van der Waals surface area contributed by atoms with Crippen LogP contribution < -0.4 is 16.4 Å². The van der Waals surface area contributed by atoms with E-state index >= 15 is 0 Å². The van der Waals surface area contributed by atoms with E-state index in [0.717, 1.165) is 11.4 Å². The second-order valence-corrected chi connectivity index (χ2v) is 6.16.